The number of hydrogen-bond acceptors (Lipinski definition) is 2. The van der Waals surface area contributed by atoms with Gasteiger partial charge in [0.1, 0.15) is 0 Å². The number of halogens is 1. The number of thiol groups is 1. The predicted molar refractivity (Wildman–Crippen MR) is 82.0 cm³/mol. The van der Waals surface area contributed by atoms with Gasteiger partial charge in [0.2, 0.25) is 0 Å². The summed E-state index contributed by atoms with van der Waals surface area (Å²) in [7, 11) is 0. The maximum atomic E-state index is 6.26. The normalized spacial score (nSPS) is 14.4. The number of benzene rings is 1. The van der Waals surface area contributed by atoms with Crippen LogP contribution in [0.4, 0.5) is 0 Å². The molecule has 1 aromatic rings. The van der Waals surface area contributed by atoms with Gasteiger partial charge in [0, 0.05) is 16.9 Å². The largest absolute Gasteiger partial charge is 0.253 e. The maximum absolute atomic E-state index is 6.26. The Morgan fingerprint density at radius 1 is 1.50 bits per heavy atom. The standard InChI is InChI=1S/C15H16ClNS/c1-3-5-10(2)12-8-9-13(17-12)11-6-4-7-14(18)15(11)16/h4,6-8,18H,2-3,5,9H2,1H3. The lowest BCUT2D eigenvalue weighted by atomic mass is 10.1. The van der Waals surface area contributed by atoms with E-state index in [-0.39, 0.29) is 0 Å². The lowest BCUT2D eigenvalue weighted by Crippen LogP contribution is -1.98. The third kappa shape index (κ3) is 2.70. The highest BCUT2D eigenvalue weighted by Gasteiger charge is 2.15. The zero-order valence-corrected chi connectivity index (χ0v) is 12.1. The molecule has 94 valence electrons. The van der Waals surface area contributed by atoms with Gasteiger partial charge in [0.15, 0.2) is 0 Å². The smallest absolute Gasteiger partial charge is 0.0630 e. The van der Waals surface area contributed by atoms with E-state index in [9.17, 15) is 0 Å². The highest BCUT2D eigenvalue weighted by atomic mass is 35.5. The molecule has 0 amide bonds. The third-order valence-corrected chi connectivity index (χ3v) is 3.86. The molecule has 0 unspecified atom stereocenters. The van der Waals surface area contributed by atoms with Crippen LogP contribution in [-0.4, -0.2) is 5.71 Å². The summed E-state index contributed by atoms with van der Waals surface area (Å²) in [5, 5.41) is 0.676. The Balaban J connectivity index is 2.25. The molecule has 0 saturated heterocycles. The van der Waals surface area contributed by atoms with Gasteiger partial charge in [-0.3, -0.25) is 4.99 Å². The van der Waals surface area contributed by atoms with E-state index in [1.54, 1.807) is 0 Å². The second-order valence-electron chi connectivity index (χ2n) is 4.34. The number of nitrogens with zero attached hydrogens (tertiary/aromatic N) is 1. The Morgan fingerprint density at radius 3 is 3.00 bits per heavy atom. The SMILES string of the molecule is C=C(CCC)C1=CCC(c2cccc(S)c2Cl)=N1. The highest BCUT2D eigenvalue weighted by molar-refractivity contribution is 7.80. The summed E-state index contributed by atoms with van der Waals surface area (Å²) in [6.45, 7) is 6.22. The van der Waals surface area contributed by atoms with Gasteiger partial charge in [0.25, 0.3) is 0 Å². The van der Waals surface area contributed by atoms with Crippen molar-refractivity contribution < 1.29 is 0 Å². The Bertz CT molecular complexity index is 543. The average molecular weight is 278 g/mol. The maximum Gasteiger partial charge on any atom is 0.0630 e. The van der Waals surface area contributed by atoms with Crippen LogP contribution in [0, 0.1) is 0 Å². The van der Waals surface area contributed by atoms with Crippen LogP contribution in [0.15, 0.2) is 52.0 Å². The number of rotatable bonds is 4. The molecule has 0 aliphatic carbocycles. The van der Waals surface area contributed by atoms with Crippen molar-refractivity contribution in [2.45, 2.75) is 31.1 Å². The quantitative estimate of drug-likeness (QED) is 0.739. The van der Waals surface area contributed by atoms with Crippen LogP contribution in [0.5, 0.6) is 0 Å². The van der Waals surface area contributed by atoms with Crippen LogP contribution in [0.1, 0.15) is 31.7 Å². The molecule has 1 nitrogen and oxygen atoms in total. The zero-order chi connectivity index (χ0) is 13.1. The molecule has 0 saturated carbocycles. The lowest BCUT2D eigenvalue weighted by molar-refractivity contribution is 0.912. The molecule has 0 N–H and O–H groups in total. The van der Waals surface area contributed by atoms with Gasteiger partial charge in [-0.05, 0) is 18.1 Å². The van der Waals surface area contributed by atoms with Crippen molar-refractivity contribution in [2.24, 2.45) is 4.99 Å². The first-order chi connectivity index (χ1) is 8.63. The molecule has 1 aliphatic heterocycles. The molecule has 0 spiro atoms. The van der Waals surface area contributed by atoms with Crippen molar-refractivity contribution in [2.75, 3.05) is 0 Å². The monoisotopic (exact) mass is 277 g/mol. The van der Waals surface area contributed by atoms with Crippen molar-refractivity contribution in [1.29, 1.82) is 0 Å². The Labute approximate surface area is 119 Å². The van der Waals surface area contributed by atoms with E-state index in [1.807, 2.05) is 18.2 Å². The second-order valence-corrected chi connectivity index (χ2v) is 5.20. The molecule has 2 rings (SSSR count). The molecular formula is C15H16ClNS. The van der Waals surface area contributed by atoms with Gasteiger partial charge in [-0.25, -0.2) is 0 Å². The van der Waals surface area contributed by atoms with Crippen LogP contribution in [0.25, 0.3) is 0 Å². The fourth-order valence-corrected chi connectivity index (χ4v) is 2.44. The van der Waals surface area contributed by atoms with E-state index in [0.717, 1.165) is 46.7 Å². The summed E-state index contributed by atoms with van der Waals surface area (Å²) in [5.41, 5.74) is 4.08. The van der Waals surface area contributed by atoms with Crippen LogP contribution >= 0.6 is 24.2 Å². The number of allylic oxidation sites excluding steroid dienone is 2. The molecule has 1 aliphatic rings. The molecule has 0 atom stereocenters. The topological polar surface area (TPSA) is 12.4 Å². The van der Waals surface area contributed by atoms with E-state index < -0.39 is 0 Å². The minimum absolute atomic E-state index is 0.676. The highest BCUT2D eigenvalue weighted by Crippen LogP contribution is 2.29. The van der Waals surface area contributed by atoms with Crippen LogP contribution in [-0.2, 0) is 0 Å². The molecule has 0 radical (unpaired) electrons. The minimum Gasteiger partial charge on any atom is -0.253 e. The van der Waals surface area contributed by atoms with Gasteiger partial charge in [-0.15, -0.1) is 12.6 Å². The summed E-state index contributed by atoms with van der Waals surface area (Å²) in [6.07, 6.45) is 5.01. The fourth-order valence-electron chi connectivity index (χ4n) is 2.00. The van der Waals surface area contributed by atoms with Crippen molar-refractivity contribution in [3.8, 4) is 0 Å². The van der Waals surface area contributed by atoms with Crippen molar-refractivity contribution >= 4 is 29.9 Å². The minimum atomic E-state index is 0.676. The van der Waals surface area contributed by atoms with E-state index >= 15 is 0 Å². The van der Waals surface area contributed by atoms with E-state index in [2.05, 4.69) is 37.2 Å². The Hall–Kier alpha value is -0.990. The summed E-state index contributed by atoms with van der Waals surface area (Å²) >= 11 is 10.6. The van der Waals surface area contributed by atoms with Gasteiger partial charge < -0.3 is 0 Å². The summed E-state index contributed by atoms with van der Waals surface area (Å²) in [4.78, 5) is 5.43. The van der Waals surface area contributed by atoms with Crippen LogP contribution in [0.3, 0.4) is 0 Å². The van der Waals surface area contributed by atoms with Crippen LogP contribution in [0.2, 0.25) is 5.02 Å². The lowest BCUT2D eigenvalue weighted by Gasteiger charge is -2.06. The first-order valence-electron chi connectivity index (χ1n) is 6.07. The summed E-state index contributed by atoms with van der Waals surface area (Å²) < 4.78 is 0. The molecule has 3 heteroatoms. The molecule has 0 aromatic heterocycles. The van der Waals surface area contributed by atoms with Gasteiger partial charge >= 0.3 is 0 Å². The molecule has 18 heavy (non-hydrogen) atoms. The number of aliphatic imine (C=N–C) groups is 1. The summed E-state index contributed by atoms with van der Waals surface area (Å²) in [6, 6.07) is 5.82. The summed E-state index contributed by atoms with van der Waals surface area (Å²) in [5.74, 6) is 0. The van der Waals surface area contributed by atoms with Gasteiger partial charge in [-0.2, -0.15) is 0 Å². The van der Waals surface area contributed by atoms with Gasteiger partial charge in [0.05, 0.1) is 16.4 Å². The van der Waals surface area contributed by atoms with Crippen LogP contribution < -0.4 is 0 Å². The predicted octanol–water partition coefficient (Wildman–Crippen LogP) is 5.06. The van der Waals surface area contributed by atoms with Crippen molar-refractivity contribution in [1.82, 2.24) is 0 Å². The zero-order valence-electron chi connectivity index (χ0n) is 10.4. The van der Waals surface area contributed by atoms with E-state index in [4.69, 9.17) is 11.6 Å². The molecule has 0 bridgehead atoms. The molecule has 0 fully saturated rings. The Kier molecular flexibility index (Phi) is 4.31. The average Bonchev–Trinajstić information content (AvgIpc) is 2.82. The number of hydrogen-bond donors (Lipinski definition) is 1. The van der Waals surface area contributed by atoms with Crippen molar-refractivity contribution in [3.05, 3.63) is 52.7 Å². The third-order valence-electron chi connectivity index (χ3n) is 2.95. The van der Waals surface area contributed by atoms with Gasteiger partial charge in [-0.1, -0.05) is 49.7 Å². The fraction of sp³-hybridized carbons (Fsp3) is 0.267. The van der Waals surface area contributed by atoms with Crippen molar-refractivity contribution in [3.63, 3.8) is 0 Å². The molecular weight excluding hydrogens is 262 g/mol. The molecule has 1 heterocycles. The second kappa shape index (κ2) is 5.77. The first-order valence-corrected chi connectivity index (χ1v) is 6.89. The van der Waals surface area contributed by atoms with E-state index in [1.165, 1.54) is 0 Å². The Morgan fingerprint density at radius 2 is 2.28 bits per heavy atom. The first kappa shape index (κ1) is 13.4. The van der Waals surface area contributed by atoms with E-state index in [0.29, 0.717) is 5.02 Å². The molecule has 1 aromatic carbocycles.